The van der Waals surface area contributed by atoms with E-state index in [2.05, 4.69) is 60.1 Å². The molecule has 114 valence electrons. The number of thiophene rings is 1. The van der Waals surface area contributed by atoms with Crippen molar-refractivity contribution >= 4 is 33.2 Å². The summed E-state index contributed by atoms with van der Waals surface area (Å²) in [5.41, 5.74) is 1.54. The van der Waals surface area contributed by atoms with E-state index >= 15 is 0 Å². The van der Waals surface area contributed by atoms with Crippen molar-refractivity contribution in [3.05, 3.63) is 34.7 Å². The van der Waals surface area contributed by atoms with Crippen LogP contribution in [0.4, 0.5) is 0 Å². The largest absolute Gasteiger partial charge is 0.315 e. The molecular formula is C17H24N2S2. The lowest BCUT2D eigenvalue weighted by Gasteiger charge is -2.37. The van der Waals surface area contributed by atoms with Crippen molar-refractivity contribution in [2.24, 2.45) is 0 Å². The fourth-order valence-electron chi connectivity index (χ4n) is 3.05. The number of benzene rings is 1. The van der Waals surface area contributed by atoms with Gasteiger partial charge in [0.05, 0.1) is 0 Å². The SMILES string of the molecule is CNCc1sc2ccccc2c1CN1CCSC(C)C1C. The van der Waals surface area contributed by atoms with Crippen LogP contribution in [-0.4, -0.2) is 35.5 Å². The summed E-state index contributed by atoms with van der Waals surface area (Å²) >= 11 is 4.05. The molecular weight excluding hydrogens is 296 g/mol. The number of nitrogens with zero attached hydrogens (tertiary/aromatic N) is 1. The summed E-state index contributed by atoms with van der Waals surface area (Å²) in [6, 6.07) is 9.51. The van der Waals surface area contributed by atoms with Crippen LogP contribution in [0.1, 0.15) is 24.3 Å². The molecule has 0 amide bonds. The summed E-state index contributed by atoms with van der Waals surface area (Å²) in [6.07, 6.45) is 0. The van der Waals surface area contributed by atoms with E-state index in [1.165, 1.54) is 32.8 Å². The van der Waals surface area contributed by atoms with Crippen LogP contribution in [0.25, 0.3) is 10.1 Å². The van der Waals surface area contributed by atoms with E-state index in [0.29, 0.717) is 6.04 Å². The monoisotopic (exact) mass is 320 g/mol. The van der Waals surface area contributed by atoms with Gasteiger partial charge in [-0.1, -0.05) is 25.1 Å². The van der Waals surface area contributed by atoms with Gasteiger partial charge in [0.25, 0.3) is 0 Å². The number of nitrogens with one attached hydrogen (secondary N) is 1. The minimum atomic E-state index is 0.657. The van der Waals surface area contributed by atoms with Crippen LogP contribution in [0.15, 0.2) is 24.3 Å². The number of fused-ring (bicyclic) bond motifs is 1. The van der Waals surface area contributed by atoms with Crippen LogP contribution < -0.4 is 5.32 Å². The van der Waals surface area contributed by atoms with E-state index in [9.17, 15) is 0 Å². The topological polar surface area (TPSA) is 15.3 Å². The molecule has 2 unspecified atom stereocenters. The highest BCUT2D eigenvalue weighted by molar-refractivity contribution is 8.00. The molecule has 1 fully saturated rings. The van der Waals surface area contributed by atoms with Gasteiger partial charge in [0, 0.05) is 46.3 Å². The first-order chi connectivity index (χ1) is 10.2. The van der Waals surface area contributed by atoms with Crippen molar-refractivity contribution < 1.29 is 0 Å². The lowest BCUT2D eigenvalue weighted by atomic mass is 10.1. The standard InChI is InChI=1S/C17H24N2S2/c1-12-13(2)20-9-8-19(12)11-15-14-6-4-5-7-16(14)21-17(15)10-18-3/h4-7,12-13,18H,8-11H2,1-3H3. The third-order valence-corrected chi connectivity index (χ3v) is 7.05. The molecule has 3 rings (SSSR count). The minimum absolute atomic E-state index is 0.657. The molecule has 0 radical (unpaired) electrons. The Bertz CT molecular complexity index is 608. The summed E-state index contributed by atoms with van der Waals surface area (Å²) in [4.78, 5) is 4.16. The van der Waals surface area contributed by atoms with Gasteiger partial charge in [0.1, 0.15) is 0 Å². The molecule has 1 aromatic heterocycles. The van der Waals surface area contributed by atoms with Crippen molar-refractivity contribution in [2.75, 3.05) is 19.3 Å². The number of thioether (sulfide) groups is 1. The van der Waals surface area contributed by atoms with Gasteiger partial charge >= 0.3 is 0 Å². The lowest BCUT2D eigenvalue weighted by Crippen LogP contribution is -2.44. The molecule has 0 bridgehead atoms. The van der Waals surface area contributed by atoms with Crippen LogP contribution in [0, 0.1) is 0 Å². The fourth-order valence-corrected chi connectivity index (χ4v) is 5.44. The van der Waals surface area contributed by atoms with Crippen LogP contribution in [0.2, 0.25) is 0 Å². The Morgan fingerprint density at radius 2 is 2.10 bits per heavy atom. The first-order valence-corrected chi connectivity index (χ1v) is 9.56. The van der Waals surface area contributed by atoms with Crippen LogP contribution >= 0.6 is 23.1 Å². The average Bonchev–Trinajstić information content (AvgIpc) is 2.82. The van der Waals surface area contributed by atoms with E-state index in [1.54, 1.807) is 0 Å². The number of hydrogen-bond donors (Lipinski definition) is 1. The molecule has 1 aromatic carbocycles. The zero-order valence-corrected chi connectivity index (χ0v) is 14.7. The zero-order chi connectivity index (χ0) is 14.8. The van der Waals surface area contributed by atoms with Crippen molar-refractivity contribution in [1.29, 1.82) is 0 Å². The van der Waals surface area contributed by atoms with E-state index < -0.39 is 0 Å². The van der Waals surface area contributed by atoms with Crippen molar-refractivity contribution in [3.63, 3.8) is 0 Å². The normalized spacial score (nSPS) is 23.8. The van der Waals surface area contributed by atoms with Gasteiger partial charge in [-0.2, -0.15) is 11.8 Å². The lowest BCUT2D eigenvalue weighted by molar-refractivity contribution is 0.205. The molecule has 1 aliphatic rings. The second-order valence-electron chi connectivity index (χ2n) is 5.82. The molecule has 1 N–H and O–H groups in total. The molecule has 2 heterocycles. The third-order valence-electron chi connectivity index (χ3n) is 4.50. The van der Waals surface area contributed by atoms with Crippen molar-refractivity contribution in [2.45, 2.75) is 38.2 Å². The molecule has 0 aliphatic carbocycles. The van der Waals surface area contributed by atoms with E-state index in [4.69, 9.17) is 0 Å². The maximum atomic E-state index is 3.33. The van der Waals surface area contributed by atoms with Gasteiger partial charge < -0.3 is 5.32 Å². The number of hydrogen-bond acceptors (Lipinski definition) is 4. The molecule has 4 heteroatoms. The second kappa shape index (κ2) is 6.69. The quantitative estimate of drug-likeness (QED) is 0.918. The molecule has 1 aliphatic heterocycles. The summed E-state index contributed by atoms with van der Waals surface area (Å²) < 4.78 is 1.42. The van der Waals surface area contributed by atoms with Crippen molar-refractivity contribution in [1.82, 2.24) is 10.2 Å². The molecule has 2 nitrogen and oxygen atoms in total. The molecule has 2 aromatic rings. The highest BCUT2D eigenvalue weighted by atomic mass is 32.2. The molecule has 1 saturated heterocycles. The predicted molar refractivity (Wildman–Crippen MR) is 96.4 cm³/mol. The summed E-state index contributed by atoms with van der Waals surface area (Å²) in [5, 5.41) is 5.51. The maximum Gasteiger partial charge on any atom is 0.0349 e. The Labute approximate surface area is 135 Å². The third kappa shape index (κ3) is 3.14. The Kier molecular flexibility index (Phi) is 4.89. The molecule has 2 atom stereocenters. The van der Waals surface area contributed by atoms with Gasteiger partial charge in [0.15, 0.2) is 0 Å². The van der Waals surface area contributed by atoms with E-state index in [1.807, 2.05) is 18.4 Å². The smallest absolute Gasteiger partial charge is 0.0349 e. The highest BCUT2D eigenvalue weighted by Gasteiger charge is 2.26. The van der Waals surface area contributed by atoms with Crippen LogP contribution in [0.5, 0.6) is 0 Å². The first kappa shape index (κ1) is 15.3. The number of rotatable bonds is 4. The molecule has 0 spiro atoms. The van der Waals surface area contributed by atoms with Gasteiger partial charge in [-0.05, 0) is 31.0 Å². The summed E-state index contributed by atoms with van der Waals surface area (Å²) in [7, 11) is 2.04. The average molecular weight is 321 g/mol. The zero-order valence-electron chi connectivity index (χ0n) is 13.1. The molecule has 21 heavy (non-hydrogen) atoms. The van der Waals surface area contributed by atoms with E-state index in [-0.39, 0.29) is 0 Å². The fraction of sp³-hybridized carbons (Fsp3) is 0.529. The van der Waals surface area contributed by atoms with Gasteiger partial charge in [-0.25, -0.2) is 0 Å². The highest BCUT2D eigenvalue weighted by Crippen LogP contribution is 2.34. The Balaban J connectivity index is 1.93. The minimum Gasteiger partial charge on any atom is -0.315 e. The summed E-state index contributed by atoms with van der Waals surface area (Å²) in [5.74, 6) is 1.26. The summed E-state index contributed by atoms with van der Waals surface area (Å²) in [6.45, 7) is 8.01. The predicted octanol–water partition coefficient (Wildman–Crippen LogP) is 3.95. The van der Waals surface area contributed by atoms with Gasteiger partial charge in [-0.3, -0.25) is 4.90 Å². The Morgan fingerprint density at radius 1 is 1.29 bits per heavy atom. The van der Waals surface area contributed by atoms with Gasteiger partial charge in [0.2, 0.25) is 0 Å². The Hall–Kier alpha value is -0.550. The van der Waals surface area contributed by atoms with Crippen LogP contribution in [-0.2, 0) is 13.1 Å². The van der Waals surface area contributed by atoms with Crippen molar-refractivity contribution in [3.8, 4) is 0 Å². The van der Waals surface area contributed by atoms with Gasteiger partial charge in [-0.15, -0.1) is 11.3 Å². The second-order valence-corrected chi connectivity index (χ2v) is 8.44. The Morgan fingerprint density at radius 3 is 2.90 bits per heavy atom. The van der Waals surface area contributed by atoms with E-state index in [0.717, 1.165) is 18.3 Å². The maximum absolute atomic E-state index is 3.33. The van der Waals surface area contributed by atoms with Crippen LogP contribution in [0.3, 0.4) is 0 Å². The molecule has 0 saturated carbocycles. The first-order valence-electron chi connectivity index (χ1n) is 7.70.